The van der Waals surface area contributed by atoms with Crippen LogP contribution in [0.1, 0.15) is 17.3 Å². The summed E-state index contributed by atoms with van der Waals surface area (Å²) < 4.78 is 6.01. The summed E-state index contributed by atoms with van der Waals surface area (Å²) in [5, 5.41) is 4.43. The first-order valence-electron chi connectivity index (χ1n) is 6.66. The highest BCUT2D eigenvalue weighted by Crippen LogP contribution is 2.11. The molecule has 0 aliphatic carbocycles. The molecule has 0 saturated heterocycles. The van der Waals surface area contributed by atoms with Gasteiger partial charge >= 0.3 is 5.69 Å². The summed E-state index contributed by atoms with van der Waals surface area (Å²) in [6.45, 7) is -0.0865. The average molecular weight is 331 g/mol. The van der Waals surface area contributed by atoms with Crippen LogP contribution in [-0.2, 0) is 6.54 Å². The fourth-order valence-electron chi connectivity index (χ4n) is 1.88. The molecule has 3 rings (SSSR count). The molecule has 7 nitrogen and oxygen atoms in total. The molecule has 8 heteroatoms. The molecule has 2 heterocycles. The van der Waals surface area contributed by atoms with Crippen molar-refractivity contribution in [2.45, 2.75) is 6.54 Å². The molecule has 0 unspecified atom stereocenters. The van der Waals surface area contributed by atoms with Gasteiger partial charge in [-0.05, 0) is 23.8 Å². The summed E-state index contributed by atoms with van der Waals surface area (Å²) in [6, 6.07) is 8.50. The summed E-state index contributed by atoms with van der Waals surface area (Å²) in [4.78, 5) is 29.7. The summed E-state index contributed by atoms with van der Waals surface area (Å²) in [5.41, 5.74) is -0.0457. The lowest BCUT2D eigenvalue weighted by atomic mass is 10.2. The van der Waals surface area contributed by atoms with E-state index in [1.165, 1.54) is 12.3 Å². The van der Waals surface area contributed by atoms with Crippen molar-refractivity contribution in [3.05, 3.63) is 79.7 Å². The van der Waals surface area contributed by atoms with Crippen LogP contribution >= 0.6 is 11.6 Å². The summed E-state index contributed by atoms with van der Waals surface area (Å²) in [5.74, 6) is 0.509. The second-order valence-corrected chi connectivity index (χ2v) is 5.07. The molecule has 1 N–H and O–H groups in total. The molecule has 2 aromatic heterocycles. The number of nitrogens with one attached hydrogen (secondary N) is 1. The number of aromatic nitrogens is 4. The first kappa shape index (κ1) is 15.0. The van der Waals surface area contributed by atoms with Gasteiger partial charge in [0.2, 0.25) is 5.89 Å². The zero-order valence-electron chi connectivity index (χ0n) is 11.8. The Morgan fingerprint density at radius 2 is 1.96 bits per heavy atom. The molecule has 0 fully saturated rings. The monoisotopic (exact) mass is 330 g/mol. The van der Waals surface area contributed by atoms with E-state index in [4.69, 9.17) is 16.1 Å². The van der Waals surface area contributed by atoms with Gasteiger partial charge in [0.1, 0.15) is 6.54 Å². The Kier molecular flexibility index (Phi) is 4.20. The number of hydrogen-bond acceptors (Lipinski definition) is 5. The Bertz CT molecular complexity index is 925. The number of aromatic amines is 1. The number of hydrogen-bond donors (Lipinski definition) is 1. The second-order valence-electron chi connectivity index (χ2n) is 4.64. The number of H-pyrrole nitrogens is 1. The third-order valence-corrected chi connectivity index (χ3v) is 3.27. The molecule has 0 atom stereocenters. The van der Waals surface area contributed by atoms with Crippen molar-refractivity contribution in [2.75, 3.05) is 0 Å². The van der Waals surface area contributed by atoms with E-state index in [1.54, 1.807) is 24.3 Å². The van der Waals surface area contributed by atoms with E-state index in [9.17, 15) is 9.59 Å². The highest BCUT2D eigenvalue weighted by Gasteiger charge is 2.08. The van der Waals surface area contributed by atoms with Crippen molar-refractivity contribution in [1.29, 1.82) is 0 Å². The maximum Gasteiger partial charge on any atom is 0.328 e. The Balaban J connectivity index is 1.77. The molecule has 1 aromatic carbocycles. The van der Waals surface area contributed by atoms with Gasteiger partial charge in [0.15, 0.2) is 5.82 Å². The van der Waals surface area contributed by atoms with Gasteiger partial charge in [-0.15, -0.1) is 0 Å². The van der Waals surface area contributed by atoms with E-state index in [-0.39, 0.29) is 12.4 Å². The lowest BCUT2D eigenvalue weighted by molar-refractivity contribution is 0.365. The molecular formula is C15H11ClN4O3. The molecule has 0 radical (unpaired) electrons. The Morgan fingerprint density at radius 3 is 2.70 bits per heavy atom. The van der Waals surface area contributed by atoms with Gasteiger partial charge in [-0.25, -0.2) is 4.79 Å². The normalized spacial score (nSPS) is 11.2. The SMILES string of the molecule is O=c1cc[nH]c(=O)n1Cc1nc(/C=C/c2ccc(Cl)cc2)no1. The number of benzene rings is 1. The number of halogens is 1. The van der Waals surface area contributed by atoms with Crippen LogP contribution in [0, 0.1) is 0 Å². The molecule has 0 spiro atoms. The standard InChI is InChI=1S/C15H11ClN4O3/c16-11-4-1-10(2-5-11)3-6-12-18-13(23-19-12)9-20-14(21)7-8-17-15(20)22/h1-8H,9H2,(H,17,22)/b6-3+. The zero-order chi connectivity index (χ0) is 16.2. The van der Waals surface area contributed by atoms with Gasteiger partial charge in [0.05, 0.1) is 0 Å². The highest BCUT2D eigenvalue weighted by molar-refractivity contribution is 6.30. The predicted molar refractivity (Wildman–Crippen MR) is 85.1 cm³/mol. The van der Waals surface area contributed by atoms with E-state index >= 15 is 0 Å². The van der Waals surface area contributed by atoms with E-state index in [1.807, 2.05) is 12.1 Å². The highest BCUT2D eigenvalue weighted by atomic mass is 35.5. The molecule has 0 aliphatic rings. The van der Waals surface area contributed by atoms with Crippen LogP contribution < -0.4 is 11.2 Å². The molecule has 23 heavy (non-hydrogen) atoms. The van der Waals surface area contributed by atoms with Gasteiger partial charge in [-0.2, -0.15) is 4.98 Å². The summed E-state index contributed by atoms with van der Waals surface area (Å²) >= 11 is 5.81. The van der Waals surface area contributed by atoms with Crippen LogP contribution in [0.2, 0.25) is 5.02 Å². The van der Waals surface area contributed by atoms with Gasteiger partial charge in [-0.1, -0.05) is 35.0 Å². The fraction of sp³-hybridized carbons (Fsp3) is 0.0667. The molecule has 0 amide bonds. The first-order valence-corrected chi connectivity index (χ1v) is 7.04. The van der Waals surface area contributed by atoms with E-state index < -0.39 is 11.2 Å². The van der Waals surface area contributed by atoms with E-state index in [0.717, 1.165) is 10.1 Å². The first-order chi connectivity index (χ1) is 11.1. The zero-order valence-corrected chi connectivity index (χ0v) is 12.5. The molecule has 0 saturated carbocycles. The van der Waals surface area contributed by atoms with Crippen LogP contribution in [0.5, 0.6) is 0 Å². The van der Waals surface area contributed by atoms with Crippen molar-refractivity contribution >= 4 is 23.8 Å². The fourth-order valence-corrected chi connectivity index (χ4v) is 2.01. The van der Waals surface area contributed by atoms with Crippen LogP contribution in [0.25, 0.3) is 12.2 Å². The molecular weight excluding hydrogens is 320 g/mol. The predicted octanol–water partition coefficient (Wildman–Crippen LogP) is 1.79. The minimum Gasteiger partial charge on any atom is -0.337 e. The molecule has 116 valence electrons. The van der Waals surface area contributed by atoms with Crippen LogP contribution in [0.4, 0.5) is 0 Å². The quantitative estimate of drug-likeness (QED) is 0.787. The van der Waals surface area contributed by atoms with Gasteiger partial charge in [0.25, 0.3) is 5.56 Å². The second kappa shape index (κ2) is 6.45. The van der Waals surface area contributed by atoms with Crippen molar-refractivity contribution in [3.63, 3.8) is 0 Å². The molecule has 0 bridgehead atoms. The summed E-state index contributed by atoms with van der Waals surface area (Å²) in [6.07, 6.45) is 4.75. The Hall–Kier alpha value is -2.93. The minimum atomic E-state index is -0.533. The summed E-state index contributed by atoms with van der Waals surface area (Å²) in [7, 11) is 0. The van der Waals surface area contributed by atoms with Gasteiger partial charge < -0.3 is 9.51 Å². The lowest BCUT2D eigenvalue weighted by Gasteiger charge is -1.97. The van der Waals surface area contributed by atoms with Crippen LogP contribution in [-0.4, -0.2) is 19.7 Å². The van der Waals surface area contributed by atoms with Crippen molar-refractivity contribution < 1.29 is 4.52 Å². The van der Waals surface area contributed by atoms with E-state index in [0.29, 0.717) is 10.8 Å². The largest absolute Gasteiger partial charge is 0.337 e. The van der Waals surface area contributed by atoms with Gasteiger partial charge in [-0.3, -0.25) is 9.36 Å². The van der Waals surface area contributed by atoms with E-state index in [2.05, 4.69) is 15.1 Å². The number of nitrogens with zero attached hydrogens (tertiary/aromatic N) is 3. The lowest BCUT2D eigenvalue weighted by Crippen LogP contribution is -2.34. The third kappa shape index (κ3) is 3.64. The smallest absolute Gasteiger partial charge is 0.328 e. The Morgan fingerprint density at radius 1 is 1.17 bits per heavy atom. The average Bonchev–Trinajstić information content (AvgIpc) is 2.98. The van der Waals surface area contributed by atoms with Gasteiger partial charge in [0, 0.05) is 17.3 Å². The van der Waals surface area contributed by atoms with Crippen molar-refractivity contribution in [1.82, 2.24) is 19.7 Å². The molecule has 0 aliphatic heterocycles. The van der Waals surface area contributed by atoms with Crippen LogP contribution in [0.3, 0.4) is 0 Å². The maximum atomic E-state index is 11.6. The molecule has 3 aromatic rings. The Labute approximate surface area is 134 Å². The van der Waals surface area contributed by atoms with Crippen molar-refractivity contribution in [3.8, 4) is 0 Å². The maximum absolute atomic E-state index is 11.6. The van der Waals surface area contributed by atoms with Crippen LogP contribution in [0.15, 0.2) is 50.6 Å². The third-order valence-electron chi connectivity index (χ3n) is 3.02. The topological polar surface area (TPSA) is 93.8 Å². The number of rotatable bonds is 4. The minimum absolute atomic E-state index is 0.0865. The van der Waals surface area contributed by atoms with Crippen molar-refractivity contribution in [2.24, 2.45) is 0 Å².